The van der Waals surface area contributed by atoms with Gasteiger partial charge < -0.3 is 4.74 Å². The normalized spacial score (nSPS) is 17.9. The van der Waals surface area contributed by atoms with Crippen molar-refractivity contribution in [3.8, 4) is 5.69 Å². The van der Waals surface area contributed by atoms with Crippen molar-refractivity contribution in [3.05, 3.63) is 68.1 Å². The van der Waals surface area contributed by atoms with Crippen molar-refractivity contribution in [2.45, 2.75) is 38.7 Å². The molecule has 0 saturated carbocycles. The van der Waals surface area contributed by atoms with Crippen LogP contribution in [0.3, 0.4) is 0 Å². The van der Waals surface area contributed by atoms with Gasteiger partial charge in [-0.25, -0.2) is 13.5 Å². The lowest BCUT2D eigenvalue weighted by molar-refractivity contribution is -0.0841. The van der Waals surface area contributed by atoms with Gasteiger partial charge in [-0.3, -0.25) is 4.90 Å². The molecule has 4 nitrogen and oxygen atoms in total. The van der Waals surface area contributed by atoms with Crippen LogP contribution in [0.25, 0.3) is 5.69 Å². The van der Waals surface area contributed by atoms with Crippen molar-refractivity contribution in [1.82, 2.24) is 14.7 Å². The topological polar surface area (TPSA) is 30.3 Å². The van der Waals surface area contributed by atoms with Gasteiger partial charge in [0.05, 0.1) is 10.0 Å². The Bertz CT molecular complexity index is 1100. The maximum Gasteiger partial charge on any atom is 0.297 e. The van der Waals surface area contributed by atoms with Crippen LogP contribution in [-0.2, 0) is 23.6 Å². The number of thiophene rings is 1. The van der Waals surface area contributed by atoms with E-state index >= 15 is 0 Å². The van der Waals surface area contributed by atoms with Crippen molar-refractivity contribution >= 4 is 22.9 Å². The highest BCUT2D eigenvalue weighted by Gasteiger charge is 2.36. The predicted molar refractivity (Wildman–Crippen MR) is 120 cm³/mol. The minimum absolute atomic E-state index is 0.0475. The summed E-state index contributed by atoms with van der Waals surface area (Å²) in [6.07, 6.45) is 3.39. The smallest absolute Gasteiger partial charge is 0.297 e. The van der Waals surface area contributed by atoms with E-state index in [2.05, 4.69) is 10.00 Å². The van der Waals surface area contributed by atoms with Gasteiger partial charge in [-0.05, 0) is 50.9 Å². The number of aryl methyl sites for hydroxylation is 2. The molecule has 0 bridgehead atoms. The molecule has 3 heterocycles. The second-order valence-electron chi connectivity index (χ2n) is 8.13. The van der Waals surface area contributed by atoms with E-state index in [9.17, 15) is 17.6 Å². The first-order valence-corrected chi connectivity index (χ1v) is 11.9. The number of fused-ring (bicyclic) bond motifs is 1. The molecule has 3 aromatic rings. The number of ether oxygens (including phenoxy) is 1. The Kier molecular flexibility index (Phi) is 7.43. The van der Waals surface area contributed by atoms with E-state index in [4.69, 9.17) is 16.3 Å². The summed E-state index contributed by atoms with van der Waals surface area (Å²) < 4.78 is 64.3. The molecule has 0 radical (unpaired) electrons. The van der Waals surface area contributed by atoms with Gasteiger partial charge in [0, 0.05) is 41.9 Å². The lowest BCUT2D eigenvalue weighted by atomic mass is 10.1. The molecule has 178 valence electrons. The van der Waals surface area contributed by atoms with Crippen LogP contribution in [0.5, 0.6) is 0 Å². The van der Waals surface area contributed by atoms with Crippen LogP contribution in [0.15, 0.2) is 30.5 Å². The number of aromatic nitrogens is 2. The molecule has 1 aliphatic heterocycles. The summed E-state index contributed by atoms with van der Waals surface area (Å²) >= 11 is 7.21. The van der Waals surface area contributed by atoms with E-state index in [1.807, 2.05) is 0 Å². The van der Waals surface area contributed by atoms with Crippen LogP contribution in [0.4, 0.5) is 17.6 Å². The fourth-order valence-electron chi connectivity index (χ4n) is 4.01. The zero-order valence-electron chi connectivity index (χ0n) is 18.1. The Labute approximate surface area is 198 Å². The zero-order chi connectivity index (χ0) is 23.6. The fraction of sp³-hybridized carbons (Fsp3) is 0.435. The molecule has 1 aromatic carbocycles. The van der Waals surface area contributed by atoms with Crippen molar-refractivity contribution in [2.24, 2.45) is 0 Å². The summed E-state index contributed by atoms with van der Waals surface area (Å²) in [5, 5.41) is 4.31. The second kappa shape index (κ2) is 10.1. The maximum atomic E-state index is 14.6. The molecule has 33 heavy (non-hydrogen) atoms. The van der Waals surface area contributed by atoms with Gasteiger partial charge in [0.1, 0.15) is 12.3 Å². The largest absolute Gasteiger partial charge is 0.375 e. The lowest BCUT2D eigenvalue weighted by Gasteiger charge is -2.24. The molecular weight excluding hydrogens is 478 g/mol. The monoisotopic (exact) mass is 501 g/mol. The summed E-state index contributed by atoms with van der Waals surface area (Å²) in [7, 11) is 0. The van der Waals surface area contributed by atoms with Gasteiger partial charge in [0.2, 0.25) is 0 Å². The van der Waals surface area contributed by atoms with Gasteiger partial charge in [-0.15, -0.1) is 11.3 Å². The summed E-state index contributed by atoms with van der Waals surface area (Å²) in [4.78, 5) is 2.76. The minimum Gasteiger partial charge on any atom is -0.375 e. The first-order chi connectivity index (χ1) is 15.7. The van der Waals surface area contributed by atoms with Crippen molar-refractivity contribution in [1.29, 1.82) is 0 Å². The van der Waals surface area contributed by atoms with E-state index in [0.29, 0.717) is 53.8 Å². The van der Waals surface area contributed by atoms with E-state index in [1.165, 1.54) is 40.3 Å². The van der Waals surface area contributed by atoms with Crippen LogP contribution in [0.2, 0.25) is 4.34 Å². The van der Waals surface area contributed by atoms with Gasteiger partial charge >= 0.3 is 0 Å². The molecule has 0 aliphatic carbocycles. The van der Waals surface area contributed by atoms with E-state index in [0.717, 1.165) is 5.56 Å². The molecule has 0 N–H and O–H groups in total. The Morgan fingerprint density at radius 2 is 1.91 bits per heavy atom. The average molecular weight is 502 g/mol. The van der Waals surface area contributed by atoms with Gasteiger partial charge in [0.15, 0.2) is 11.6 Å². The van der Waals surface area contributed by atoms with E-state index in [1.54, 1.807) is 13.1 Å². The number of hydrogen-bond acceptors (Lipinski definition) is 4. The van der Waals surface area contributed by atoms with Gasteiger partial charge in [-0.1, -0.05) is 17.7 Å². The molecular formula is C23H24ClF4N3OS. The Balaban J connectivity index is 1.50. The molecule has 0 amide bonds. The Hall–Kier alpha value is -1.94. The first kappa shape index (κ1) is 24.2. The lowest BCUT2D eigenvalue weighted by Crippen LogP contribution is -2.29. The third-order valence-electron chi connectivity index (χ3n) is 5.66. The molecule has 2 aromatic heterocycles. The second-order valence-corrected chi connectivity index (χ2v) is 9.90. The van der Waals surface area contributed by atoms with Crippen LogP contribution in [0, 0.1) is 18.6 Å². The summed E-state index contributed by atoms with van der Waals surface area (Å²) in [6, 6.07) is 5.04. The molecule has 4 rings (SSSR count). The number of benzene rings is 1. The fourth-order valence-corrected chi connectivity index (χ4v) is 5.37. The molecule has 0 fully saturated rings. The van der Waals surface area contributed by atoms with Crippen LogP contribution >= 0.6 is 22.9 Å². The third-order valence-corrected chi connectivity index (χ3v) is 6.98. The molecule has 0 saturated heterocycles. The Morgan fingerprint density at radius 1 is 1.18 bits per heavy atom. The highest BCUT2D eigenvalue weighted by molar-refractivity contribution is 7.16. The van der Waals surface area contributed by atoms with Crippen molar-refractivity contribution in [3.63, 3.8) is 0 Å². The molecule has 10 heteroatoms. The average Bonchev–Trinajstić information content (AvgIpc) is 3.29. The van der Waals surface area contributed by atoms with E-state index in [-0.39, 0.29) is 17.9 Å². The highest BCUT2D eigenvalue weighted by atomic mass is 35.5. The predicted octanol–water partition coefficient (Wildman–Crippen LogP) is 6.12. The quantitative estimate of drug-likeness (QED) is 0.405. The summed E-state index contributed by atoms with van der Waals surface area (Å²) in [6.45, 7) is 3.16. The minimum atomic E-state index is -3.06. The highest BCUT2D eigenvalue weighted by Crippen LogP contribution is 2.39. The first-order valence-electron chi connectivity index (χ1n) is 10.7. The summed E-state index contributed by atoms with van der Waals surface area (Å²) in [5.41, 5.74) is 1.26. The Morgan fingerprint density at radius 3 is 2.67 bits per heavy atom. The number of nitrogens with zero attached hydrogens (tertiary/aromatic N) is 3. The maximum absolute atomic E-state index is 14.6. The van der Waals surface area contributed by atoms with Crippen LogP contribution < -0.4 is 0 Å². The van der Waals surface area contributed by atoms with Gasteiger partial charge in [0.25, 0.3) is 5.92 Å². The number of rotatable bonds is 3. The van der Waals surface area contributed by atoms with Crippen molar-refractivity contribution in [2.75, 3.05) is 26.3 Å². The zero-order valence-corrected chi connectivity index (χ0v) is 19.7. The van der Waals surface area contributed by atoms with Crippen molar-refractivity contribution < 1.29 is 22.3 Å². The van der Waals surface area contributed by atoms with E-state index < -0.39 is 24.2 Å². The summed E-state index contributed by atoms with van der Waals surface area (Å²) in [5.74, 6) is -4.43. The number of halogens is 5. The number of hydrogen-bond donors (Lipinski definition) is 0. The van der Waals surface area contributed by atoms with Gasteiger partial charge in [-0.2, -0.15) is 13.9 Å². The molecule has 1 aliphatic rings. The SMILES string of the molecule is Cc1nn(-c2c(F)cccc2F)cc1CN1CCCOCC(F)(F)c2cc(Cl)sc2CCC1. The number of para-hydroxylation sites is 1. The van der Waals surface area contributed by atoms with Crippen LogP contribution in [0.1, 0.15) is 34.5 Å². The molecule has 0 spiro atoms. The molecule has 0 atom stereocenters. The molecule has 0 unspecified atom stereocenters. The number of alkyl halides is 2. The third kappa shape index (κ3) is 5.59. The van der Waals surface area contributed by atoms with Crippen LogP contribution in [-0.4, -0.2) is 41.0 Å². The standard InChI is InChI=1S/C23H24ClF4N3OS/c1-15-16(13-31(29-15)22-18(25)5-2-6-19(22)26)12-30-8-3-7-20-17(11-21(24)33-20)23(27,28)14-32-10-4-9-30/h2,5-6,11,13H,3-4,7-10,12,14H2,1H3.